The lowest BCUT2D eigenvalue weighted by molar-refractivity contribution is -0.123. The molecule has 11 heteroatoms. The molecule has 2 amide bonds. The van der Waals surface area contributed by atoms with Gasteiger partial charge in [0.1, 0.15) is 16.8 Å². The fraction of sp³-hybridized carbons (Fsp3) is 0.333. The minimum atomic E-state index is -3.94. The second-order valence-electron chi connectivity index (χ2n) is 9.26. The molecule has 0 aliphatic rings. The first-order valence-electron chi connectivity index (χ1n) is 12.2. The lowest BCUT2D eigenvalue weighted by Crippen LogP contribution is -2.49. The summed E-state index contributed by atoms with van der Waals surface area (Å²) >= 11 is 7.23. The van der Waals surface area contributed by atoms with Crippen LogP contribution < -0.4 is 10.5 Å². The number of unbranched alkanes of at least 4 members (excludes halogenated alkanes) is 1. The van der Waals surface area contributed by atoms with Gasteiger partial charge in [-0.3, -0.25) is 9.59 Å². The number of amides is 2. The number of rotatable bonds is 13. The van der Waals surface area contributed by atoms with Crippen molar-refractivity contribution in [2.75, 3.05) is 13.1 Å². The highest BCUT2D eigenvalue weighted by Crippen LogP contribution is 2.29. The van der Waals surface area contributed by atoms with E-state index in [9.17, 15) is 22.4 Å². The Hall–Kier alpha value is -2.79. The molecule has 0 saturated heterocycles. The van der Waals surface area contributed by atoms with Crippen molar-refractivity contribution in [3.8, 4) is 10.4 Å². The molecule has 3 rings (SSSR count). The summed E-state index contributed by atoms with van der Waals surface area (Å²) < 4.78 is 40.8. The fourth-order valence-electron chi connectivity index (χ4n) is 3.98. The number of nitrogens with two attached hydrogens (primary N) is 1. The maximum Gasteiger partial charge on any atom is 0.264 e. The van der Waals surface area contributed by atoms with Crippen LogP contribution >= 0.6 is 22.9 Å². The van der Waals surface area contributed by atoms with Crippen molar-refractivity contribution in [3.63, 3.8) is 0 Å². The first-order valence-corrected chi connectivity index (χ1v) is 14.9. The maximum atomic E-state index is 13.6. The van der Waals surface area contributed by atoms with Gasteiger partial charge in [0.05, 0.1) is 9.90 Å². The van der Waals surface area contributed by atoms with E-state index in [1.807, 2.05) is 50.2 Å². The van der Waals surface area contributed by atoms with Crippen LogP contribution in [0, 0.1) is 11.7 Å². The second-order valence-corrected chi connectivity index (χ2v) is 12.5. The van der Waals surface area contributed by atoms with Crippen LogP contribution in [0.1, 0.15) is 42.8 Å². The molecule has 0 spiro atoms. The van der Waals surface area contributed by atoms with Gasteiger partial charge < -0.3 is 10.6 Å². The Morgan fingerprint density at radius 1 is 1.08 bits per heavy atom. The molecule has 1 atom stereocenters. The monoisotopic (exact) mass is 579 g/mol. The van der Waals surface area contributed by atoms with Crippen molar-refractivity contribution in [1.82, 2.24) is 9.62 Å². The Morgan fingerprint density at radius 2 is 1.79 bits per heavy atom. The van der Waals surface area contributed by atoms with Crippen molar-refractivity contribution in [2.24, 2.45) is 11.7 Å². The van der Waals surface area contributed by atoms with E-state index in [1.54, 1.807) is 6.07 Å². The SMILES string of the molecule is CC(C)C[C@@H](C(N)=O)N(CCCCNS(=O)(=O)c1ccc(F)cc1Cl)C(=O)c1ccc(-c2ccccc2)s1. The molecule has 204 valence electrons. The lowest BCUT2D eigenvalue weighted by atomic mass is 10.0. The first kappa shape index (κ1) is 29.8. The number of benzene rings is 2. The predicted octanol–water partition coefficient (Wildman–Crippen LogP) is 5.31. The molecule has 0 saturated carbocycles. The molecule has 0 unspecified atom stereocenters. The molecule has 0 bridgehead atoms. The second kappa shape index (κ2) is 13.3. The quantitative estimate of drug-likeness (QED) is 0.267. The molecule has 1 aromatic heterocycles. The zero-order chi connectivity index (χ0) is 27.9. The number of thiophene rings is 1. The number of nitrogens with zero attached hydrogens (tertiary/aromatic N) is 1. The molecular weight excluding hydrogens is 549 g/mol. The van der Waals surface area contributed by atoms with Gasteiger partial charge in [0.25, 0.3) is 5.91 Å². The van der Waals surface area contributed by atoms with Crippen LogP contribution in [-0.2, 0) is 14.8 Å². The smallest absolute Gasteiger partial charge is 0.264 e. The minimum absolute atomic E-state index is 0.0701. The summed E-state index contributed by atoms with van der Waals surface area (Å²) in [6.45, 7) is 4.19. The Balaban J connectivity index is 1.70. The van der Waals surface area contributed by atoms with Gasteiger partial charge in [-0.2, -0.15) is 0 Å². The van der Waals surface area contributed by atoms with Gasteiger partial charge in [-0.1, -0.05) is 55.8 Å². The summed E-state index contributed by atoms with van der Waals surface area (Å²) in [5.41, 5.74) is 6.71. The molecule has 3 aromatic rings. The highest BCUT2D eigenvalue weighted by molar-refractivity contribution is 7.89. The average molecular weight is 580 g/mol. The number of primary amides is 1. The minimum Gasteiger partial charge on any atom is -0.368 e. The summed E-state index contributed by atoms with van der Waals surface area (Å²) in [5, 5.41) is -0.210. The van der Waals surface area contributed by atoms with Crippen LogP contribution in [0.15, 0.2) is 65.6 Å². The van der Waals surface area contributed by atoms with Crippen molar-refractivity contribution in [3.05, 3.63) is 76.4 Å². The molecule has 3 N–H and O–H groups in total. The summed E-state index contributed by atoms with van der Waals surface area (Å²) in [7, 11) is -3.94. The summed E-state index contributed by atoms with van der Waals surface area (Å²) in [5.74, 6) is -1.39. The van der Waals surface area contributed by atoms with Gasteiger partial charge in [-0.15, -0.1) is 11.3 Å². The normalized spacial score (nSPS) is 12.4. The topological polar surface area (TPSA) is 110 Å². The van der Waals surface area contributed by atoms with Crippen LogP contribution in [-0.4, -0.2) is 44.3 Å². The zero-order valence-corrected chi connectivity index (χ0v) is 23.6. The van der Waals surface area contributed by atoms with E-state index in [1.165, 1.54) is 16.2 Å². The number of carbonyl (C=O) groups excluding carboxylic acids is 2. The zero-order valence-electron chi connectivity index (χ0n) is 21.2. The molecule has 2 aromatic carbocycles. The van der Waals surface area contributed by atoms with Gasteiger partial charge in [0.15, 0.2) is 0 Å². The fourth-order valence-corrected chi connectivity index (χ4v) is 6.55. The van der Waals surface area contributed by atoms with E-state index in [4.69, 9.17) is 17.3 Å². The molecule has 7 nitrogen and oxygen atoms in total. The number of hydrogen-bond acceptors (Lipinski definition) is 5. The number of hydrogen-bond donors (Lipinski definition) is 2. The molecule has 38 heavy (non-hydrogen) atoms. The van der Waals surface area contributed by atoms with E-state index < -0.39 is 27.8 Å². The highest BCUT2D eigenvalue weighted by Gasteiger charge is 2.30. The standard InChI is InChI=1S/C27H31ClFN3O4S2/c1-18(2)16-22(26(30)33)32(27(34)24-12-11-23(37-24)19-8-4-3-5-9-19)15-7-6-14-31-38(35,36)25-13-10-20(29)17-21(25)28/h3-5,8-13,17-18,22,31H,6-7,14-16H2,1-2H3,(H2,30,33)/t22-/m0/s1. The van der Waals surface area contributed by atoms with E-state index in [0.717, 1.165) is 28.6 Å². The maximum absolute atomic E-state index is 13.6. The van der Waals surface area contributed by atoms with E-state index in [-0.39, 0.29) is 34.8 Å². The number of carbonyl (C=O) groups is 2. The molecule has 0 radical (unpaired) electrons. The van der Waals surface area contributed by atoms with Gasteiger partial charge in [-0.05, 0) is 61.1 Å². The van der Waals surface area contributed by atoms with E-state index >= 15 is 0 Å². The Kier molecular flexibility index (Phi) is 10.4. The van der Waals surface area contributed by atoms with Crippen molar-refractivity contribution < 1.29 is 22.4 Å². The van der Waals surface area contributed by atoms with Crippen molar-refractivity contribution in [1.29, 1.82) is 0 Å². The third kappa shape index (κ3) is 7.86. The van der Waals surface area contributed by atoms with Crippen molar-refractivity contribution >= 4 is 44.8 Å². The first-order chi connectivity index (χ1) is 18.0. The molecule has 0 aliphatic heterocycles. The van der Waals surface area contributed by atoms with Crippen LogP contribution in [0.3, 0.4) is 0 Å². The van der Waals surface area contributed by atoms with Gasteiger partial charge in [0.2, 0.25) is 15.9 Å². The van der Waals surface area contributed by atoms with E-state index in [2.05, 4.69) is 4.72 Å². The molecule has 0 aliphatic carbocycles. The van der Waals surface area contributed by atoms with Crippen molar-refractivity contribution in [2.45, 2.75) is 44.0 Å². The molecular formula is C27H31ClFN3O4S2. The Bertz CT molecular complexity index is 1360. The van der Waals surface area contributed by atoms with Crippen LogP contribution in [0.5, 0.6) is 0 Å². The van der Waals surface area contributed by atoms with Crippen LogP contribution in [0.25, 0.3) is 10.4 Å². The summed E-state index contributed by atoms with van der Waals surface area (Å²) in [4.78, 5) is 28.6. The number of nitrogens with one attached hydrogen (secondary N) is 1. The Labute approximate surface area is 231 Å². The Morgan fingerprint density at radius 3 is 2.42 bits per heavy atom. The van der Waals surface area contributed by atoms with E-state index in [0.29, 0.717) is 24.1 Å². The van der Waals surface area contributed by atoms with Crippen LogP contribution in [0.2, 0.25) is 5.02 Å². The summed E-state index contributed by atoms with van der Waals surface area (Å²) in [6, 6.07) is 15.6. The third-order valence-corrected chi connectivity index (χ3v) is 8.90. The lowest BCUT2D eigenvalue weighted by Gasteiger charge is -2.30. The van der Waals surface area contributed by atoms with Crippen LogP contribution in [0.4, 0.5) is 4.39 Å². The van der Waals surface area contributed by atoms with Gasteiger partial charge in [-0.25, -0.2) is 17.5 Å². The number of halogens is 2. The third-order valence-electron chi connectivity index (χ3n) is 5.84. The molecule has 0 fully saturated rings. The number of sulfonamides is 1. The summed E-state index contributed by atoms with van der Waals surface area (Å²) in [6.07, 6.45) is 1.21. The predicted molar refractivity (Wildman–Crippen MR) is 149 cm³/mol. The largest absolute Gasteiger partial charge is 0.368 e. The highest BCUT2D eigenvalue weighted by atomic mass is 35.5. The molecule has 1 heterocycles. The van der Waals surface area contributed by atoms with Gasteiger partial charge >= 0.3 is 0 Å². The van der Waals surface area contributed by atoms with Gasteiger partial charge in [0, 0.05) is 18.0 Å². The average Bonchev–Trinajstić information content (AvgIpc) is 3.35.